The van der Waals surface area contributed by atoms with Gasteiger partial charge < -0.3 is 20.5 Å². The predicted octanol–water partition coefficient (Wildman–Crippen LogP) is 1.31. The zero-order valence-corrected chi connectivity index (χ0v) is 6.43. The van der Waals surface area contributed by atoms with E-state index in [0.29, 0.717) is 11.4 Å². The standard InChI is InChI=1S/C8H8N2O2/c11-9-5-6-10(12)8-4-2-1-3-7(8)9/h1-4H,5-6H2/q-2. The number of fused-ring (bicyclic) bond motifs is 1. The van der Waals surface area contributed by atoms with Gasteiger partial charge in [0.1, 0.15) is 0 Å². The minimum absolute atomic E-state index is 0.251. The van der Waals surface area contributed by atoms with Crippen molar-refractivity contribution in [2.24, 2.45) is 0 Å². The summed E-state index contributed by atoms with van der Waals surface area (Å²) in [5, 5.41) is 24.1. The van der Waals surface area contributed by atoms with E-state index in [0.717, 1.165) is 10.1 Å². The van der Waals surface area contributed by atoms with E-state index >= 15 is 0 Å². The summed E-state index contributed by atoms with van der Waals surface area (Å²) in [6, 6.07) is 6.82. The maximum absolute atomic E-state index is 11.2. The molecule has 0 fully saturated rings. The maximum Gasteiger partial charge on any atom is 0.0489 e. The van der Waals surface area contributed by atoms with Crippen molar-refractivity contribution in [3.05, 3.63) is 34.7 Å². The minimum atomic E-state index is 0.251. The molecule has 1 aliphatic heterocycles. The molecule has 4 heteroatoms. The molecule has 0 saturated carbocycles. The van der Waals surface area contributed by atoms with Crippen molar-refractivity contribution in [2.75, 3.05) is 23.2 Å². The molecule has 0 bridgehead atoms. The molecule has 0 saturated heterocycles. The van der Waals surface area contributed by atoms with Crippen LogP contribution in [-0.2, 0) is 0 Å². The van der Waals surface area contributed by atoms with Gasteiger partial charge in [0, 0.05) is 24.5 Å². The average molecular weight is 164 g/mol. The van der Waals surface area contributed by atoms with E-state index in [1.54, 1.807) is 24.3 Å². The van der Waals surface area contributed by atoms with Crippen LogP contribution in [0.5, 0.6) is 0 Å². The van der Waals surface area contributed by atoms with Crippen LogP contribution in [0.25, 0.3) is 0 Å². The molecule has 1 aromatic carbocycles. The summed E-state index contributed by atoms with van der Waals surface area (Å²) in [6.45, 7) is 0.501. The second-order valence-electron chi connectivity index (χ2n) is 2.69. The Hall–Kier alpha value is -1.26. The first kappa shape index (κ1) is 7.39. The molecule has 0 unspecified atom stereocenters. The smallest absolute Gasteiger partial charge is 0.0489 e. The quantitative estimate of drug-likeness (QED) is 0.580. The van der Waals surface area contributed by atoms with Gasteiger partial charge in [-0.2, -0.15) is 0 Å². The summed E-state index contributed by atoms with van der Waals surface area (Å²) in [4.78, 5) is 0. The first-order valence-electron chi connectivity index (χ1n) is 3.77. The monoisotopic (exact) mass is 164 g/mol. The number of hydroxylamine groups is 2. The van der Waals surface area contributed by atoms with Gasteiger partial charge in [0.25, 0.3) is 0 Å². The molecular weight excluding hydrogens is 156 g/mol. The van der Waals surface area contributed by atoms with E-state index in [4.69, 9.17) is 0 Å². The van der Waals surface area contributed by atoms with E-state index in [-0.39, 0.29) is 13.1 Å². The van der Waals surface area contributed by atoms with E-state index in [9.17, 15) is 10.4 Å². The van der Waals surface area contributed by atoms with E-state index in [1.165, 1.54) is 0 Å². The summed E-state index contributed by atoms with van der Waals surface area (Å²) < 4.78 is 0. The van der Waals surface area contributed by atoms with Crippen molar-refractivity contribution in [3.8, 4) is 0 Å². The molecule has 12 heavy (non-hydrogen) atoms. The van der Waals surface area contributed by atoms with Crippen LogP contribution in [0.2, 0.25) is 0 Å². The molecule has 0 atom stereocenters. The van der Waals surface area contributed by atoms with Crippen LogP contribution in [0, 0.1) is 10.4 Å². The van der Waals surface area contributed by atoms with Gasteiger partial charge in [-0.15, -0.1) is 0 Å². The van der Waals surface area contributed by atoms with Crippen molar-refractivity contribution < 1.29 is 0 Å². The van der Waals surface area contributed by atoms with Gasteiger partial charge in [-0.3, -0.25) is 0 Å². The van der Waals surface area contributed by atoms with Gasteiger partial charge in [0.05, 0.1) is 0 Å². The van der Waals surface area contributed by atoms with Crippen molar-refractivity contribution in [2.45, 2.75) is 0 Å². The molecule has 0 spiro atoms. The lowest BCUT2D eigenvalue weighted by Gasteiger charge is -2.45. The zero-order chi connectivity index (χ0) is 8.55. The molecular formula is C8H8N2O2-2. The van der Waals surface area contributed by atoms with Crippen LogP contribution in [-0.4, -0.2) is 13.1 Å². The summed E-state index contributed by atoms with van der Waals surface area (Å²) >= 11 is 0. The fourth-order valence-corrected chi connectivity index (χ4v) is 1.31. The second-order valence-corrected chi connectivity index (χ2v) is 2.69. The van der Waals surface area contributed by atoms with Crippen LogP contribution in [0.3, 0.4) is 0 Å². The molecule has 0 radical (unpaired) electrons. The molecule has 0 amide bonds. The minimum Gasteiger partial charge on any atom is -0.758 e. The topological polar surface area (TPSA) is 52.6 Å². The van der Waals surface area contributed by atoms with Gasteiger partial charge in [0.2, 0.25) is 0 Å². The van der Waals surface area contributed by atoms with Crippen molar-refractivity contribution in [3.63, 3.8) is 0 Å². The SMILES string of the molecule is [O-]N1CCN([O-])c2ccccc21. The average Bonchev–Trinajstić information content (AvgIpc) is 2.12. The lowest BCUT2D eigenvalue weighted by Crippen LogP contribution is -2.34. The van der Waals surface area contributed by atoms with Gasteiger partial charge >= 0.3 is 0 Å². The number of hydrogen-bond donors (Lipinski definition) is 0. The molecule has 0 aromatic heterocycles. The molecule has 4 nitrogen and oxygen atoms in total. The van der Waals surface area contributed by atoms with Crippen LogP contribution < -0.4 is 10.1 Å². The predicted molar refractivity (Wildman–Crippen MR) is 47.9 cm³/mol. The van der Waals surface area contributed by atoms with Crippen LogP contribution >= 0.6 is 0 Å². The highest BCUT2D eigenvalue weighted by Crippen LogP contribution is 2.30. The fraction of sp³-hybridized carbons (Fsp3) is 0.250. The maximum atomic E-state index is 11.2. The summed E-state index contributed by atoms with van der Waals surface area (Å²) in [5.41, 5.74) is 0.942. The van der Waals surface area contributed by atoms with Crippen LogP contribution in [0.1, 0.15) is 0 Å². The largest absolute Gasteiger partial charge is 0.758 e. The highest BCUT2D eigenvalue weighted by Gasteiger charge is 2.09. The Morgan fingerprint density at radius 3 is 1.75 bits per heavy atom. The Bertz CT molecular complexity index is 261. The summed E-state index contributed by atoms with van der Waals surface area (Å²) in [7, 11) is 0. The van der Waals surface area contributed by atoms with Gasteiger partial charge in [-0.25, -0.2) is 0 Å². The van der Waals surface area contributed by atoms with Crippen molar-refractivity contribution in [1.82, 2.24) is 0 Å². The fourth-order valence-electron chi connectivity index (χ4n) is 1.31. The molecule has 64 valence electrons. The Morgan fingerprint density at radius 1 is 0.917 bits per heavy atom. The number of benzene rings is 1. The summed E-state index contributed by atoms with van der Waals surface area (Å²) in [5.74, 6) is 0. The van der Waals surface area contributed by atoms with Crippen molar-refractivity contribution >= 4 is 11.4 Å². The summed E-state index contributed by atoms with van der Waals surface area (Å²) in [6.07, 6.45) is 0. The zero-order valence-electron chi connectivity index (χ0n) is 6.43. The van der Waals surface area contributed by atoms with E-state index < -0.39 is 0 Å². The highest BCUT2D eigenvalue weighted by molar-refractivity contribution is 5.73. The van der Waals surface area contributed by atoms with Gasteiger partial charge in [-0.1, -0.05) is 12.1 Å². The molecule has 1 aromatic rings. The van der Waals surface area contributed by atoms with E-state index in [1.807, 2.05) is 0 Å². The van der Waals surface area contributed by atoms with Gasteiger partial charge in [-0.05, 0) is 12.1 Å². The van der Waals surface area contributed by atoms with Gasteiger partial charge in [0.15, 0.2) is 0 Å². The molecule has 1 heterocycles. The normalized spacial score (nSPS) is 16.2. The number of para-hydroxylation sites is 2. The lowest BCUT2D eigenvalue weighted by atomic mass is 10.2. The first-order valence-corrected chi connectivity index (χ1v) is 3.77. The second kappa shape index (κ2) is 2.66. The molecule has 1 aliphatic rings. The van der Waals surface area contributed by atoms with Crippen LogP contribution in [0.15, 0.2) is 24.3 Å². The third-order valence-electron chi connectivity index (χ3n) is 1.93. The lowest BCUT2D eigenvalue weighted by molar-refractivity contribution is 0.845. The highest BCUT2D eigenvalue weighted by atomic mass is 16.5. The third kappa shape index (κ3) is 1.01. The molecule has 0 N–H and O–H groups in total. The Balaban J connectivity index is 2.47. The number of rotatable bonds is 0. The molecule has 2 rings (SSSR count). The Labute approximate surface area is 70.2 Å². The van der Waals surface area contributed by atoms with E-state index in [2.05, 4.69) is 0 Å². The molecule has 0 aliphatic carbocycles. The number of nitrogens with zero attached hydrogens (tertiary/aromatic N) is 2. The Morgan fingerprint density at radius 2 is 1.33 bits per heavy atom. The van der Waals surface area contributed by atoms with Crippen LogP contribution in [0.4, 0.5) is 11.4 Å². The third-order valence-corrected chi connectivity index (χ3v) is 1.93. The van der Waals surface area contributed by atoms with Crippen molar-refractivity contribution in [1.29, 1.82) is 0 Å². The number of hydrogen-bond acceptors (Lipinski definition) is 4. The first-order chi connectivity index (χ1) is 5.79. The number of anilines is 2. The Kier molecular flexibility index (Phi) is 1.64.